The quantitative estimate of drug-likeness (QED) is 0.495. The van der Waals surface area contributed by atoms with E-state index in [-0.39, 0.29) is 23.3 Å². The molecule has 2 heterocycles. The highest BCUT2D eigenvalue weighted by Gasteiger charge is 2.28. The number of rotatable bonds is 8. The molecule has 36 heavy (non-hydrogen) atoms. The number of aromatic nitrogens is 3. The molecule has 8 nitrogen and oxygen atoms in total. The van der Waals surface area contributed by atoms with Gasteiger partial charge in [0.05, 0.1) is 12.1 Å². The first kappa shape index (κ1) is 26.0. The van der Waals surface area contributed by atoms with Crippen LogP contribution in [-0.2, 0) is 40.6 Å². The number of sulfonamides is 1. The molecule has 0 bridgehead atoms. The number of carbonyl (C=O) groups is 1. The summed E-state index contributed by atoms with van der Waals surface area (Å²) >= 11 is 0. The summed E-state index contributed by atoms with van der Waals surface area (Å²) in [6, 6.07) is 6.50. The van der Waals surface area contributed by atoms with Crippen LogP contribution >= 0.6 is 0 Å². The van der Waals surface area contributed by atoms with Gasteiger partial charge in [0.25, 0.3) is 10.0 Å². The van der Waals surface area contributed by atoms with Crippen LogP contribution in [0.4, 0.5) is 4.39 Å². The minimum absolute atomic E-state index is 0.0484. The van der Waals surface area contributed by atoms with Crippen molar-refractivity contribution in [2.45, 2.75) is 64.1 Å². The molecule has 10 heteroatoms. The number of aryl methyl sites for hydroxylation is 1. The van der Waals surface area contributed by atoms with Crippen molar-refractivity contribution in [1.29, 1.82) is 0 Å². The van der Waals surface area contributed by atoms with Gasteiger partial charge in [0, 0.05) is 30.5 Å². The molecule has 0 unspecified atom stereocenters. The van der Waals surface area contributed by atoms with Gasteiger partial charge in [0.2, 0.25) is 5.91 Å². The van der Waals surface area contributed by atoms with Crippen LogP contribution in [0.2, 0.25) is 0 Å². The molecule has 2 aromatic heterocycles. The molecular formula is C26H32FN5O3S. The van der Waals surface area contributed by atoms with E-state index in [1.165, 1.54) is 12.1 Å². The summed E-state index contributed by atoms with van der Waals surface area (Å²) < 4.78 is 45.0. The number of hydrogen-bond donors (Lipinski definition) is 1. The largest absolute Gasteiger partial charge is 0.304 e. The van der Waals surface area contributed by atoms with E-state index in [0.29, 0.717) is 36.1 Å². The van der Waals surface area contributed by atoms with Gasteiger partial charge in [-0.15, -0.1) is 0 Å². The van der Waals surface area contributed by atoms with E-state index in [1.807, 2.05) is 45.8 Å². The maximum atomic E-state index is 14.9. The Labute approximate surface area is 211 Å². The predicted molar refractivity (Wildman–Crippen MR) is 135 cm³/mol. The van der Waals surface area contributed by atoms with Crippen LogP contribution in [0, 0.1) is 12.7 Å². The molecule has 0 fully saturated rings. The Morgan fingerprint density at radius 3 is 2.58 bits per heavy atom. The summed E-state index contributed by atoms with van der Waals surface area (Å²) in [6.07, 6.45) is 3.49. The molecule has 0 radical (unpaired) electrons. The van der Waals surface area contributed by atoms with Crippen LogP contribution in [0.15, 0.2) is 35.5 Å². The summed E-state index contributed by atoms with van der Waals surface area (Å²) in [5, 5.41) is 4.07. The van der Waals surface area contributed by atoms with Crippen molar-refractivity contribution in [2.24, 2.45) is 0 Å². The second-order valence-corrected chi connectivity index (χ2v) is 11.5. The fourth-order valence-corrected chi connectivity index (χ4v) is 5.77. The van der Waals surface area contributed by atoms with E-state index < -0.39 is 15.9 Å². The lowest BCUT2D eigenvalue weighted by atomic mass is 9.90. The molecule has 1 aromatic carbocycles. The summed E-state index contributed by atoms with van der Waals surface area (Å²) in [4.78, 5) is 19.2. The van der Waals surface area contributed by atoms with Gasteiger partial charge >= 0.3 is 0 Å². The second-order valence-electron chi connectivity index (χ2n) is 9.84. The number of nitrogens with zero attached hydrogens (tertiary/aromatic N) is 4. The van der Waals surface area contributed by atoms with Gasteiger partial charge in [0.15, 0.2) is 5.03 Å². The van der Waals surface area contributed by atoms with Gasteiger partial charge in [-0.05, 0) is 100 Å². The van der Waals surface area contributed by atoms with E-state index in [0.717, 1.165) is 28.9 Å². The Morgan fingerprint density at radius 2 is 1.92 bits per heavy atom. The van der Waals surface area contributed by atoms with Crippen LogP contribution in [0.5, 0.6) is 0 Å². The van der Waals surface area contributed by atoms with Crippen LogP contribution in [0.25, 0.3) is 11.1 Å². The van der Waals surface area contributed by atoms with Crippen molar-refractivity contribution in [3.05, 3.63) is 64.4 Å². The highest BCUT2D eigenvalue weighted by molar-refractivity contribution is 7.90. The molecule has 0 spiro atoms. The topological polar surface area (TPSA) is 97.2 Å². The van der Waals surface area contributed by atoms with E-state index in [1.54, 1.807) is 16.9 Å². The molecule has 192 valence electrons. The Balaban J connectivity index is 1.66. The third-order valence-corrected chi connectivity index (χ3v) is 7.54. The standard InChI is InChI=1S/C26H32FN5O3S/c1-16(2)32-19(15-31(4)5)12-26(29-32)36(34,35)30-25(33)14-23-20-7-6-8-21(20)24(27)13-22(23)18-9-10-28-17(3)11-18/h9-13,16H,6-8,14-15H2,1-5H3,(H,30,33). The summed E-state index contributed by atoms with van der Waals surface area (Å²) in [5.41, 5.74) is 4.89. The van der Waals surface area contributed by atoms with Crippen molar-refractivity contribution < 1.29 is 17.6 Å². The van der Waals surface area contributed by atoms with Gasteiger partial charge in [-0.2, -0.15) is 13.5 Å². The van der Waals surface area contributed by atoms with Gasteiger partial charge in [-0.1, -0.05) is 0 Å². The molecule has 0 atom stereocenters. The number of fused-ring (bicyclic) bond motifs is 1. The molecule has 0 saturated carbocycles. The number of nitrogens with one attached hydrogen (secondary N) is 1. The van der Waals surface area contributed by atoms with E-state index >= 15 is 0 Å². The number of benzene rings is 1. The molecule has 3 aromatic rings. The molecule has 1 aliphatic carbocycles. The molecule has 0 aliphatic heterocycles. The average Bonchev–Trinajstić information content (AvgIpc) is 3.43. The van der Waals surface area contributed by atoms with Gasteiger partial charge in [-0.3, -0.25) is 14.5 Å². The van der Waals surface area contributed by atoms with Crippen molar-refractivity contribution >= 4 is 15.9 Å². The summed E-state index contributed by atoms with van der Waals surface area (Å²) in [7, 11) is -0.420. The van der Waals surface area contributed by atoms with E-state index in [4.69, 9.17) is 0 Å². The van der Waals surface area contributed by atoms with Crippen molar-refractivity contribution in [1.82, 2.24) is 24.4 Å². The lowest BCUT2D eigenvalue weighted by molar-refractivity contribution is -0.118. The Hall–Kier alpha value is -3.11. The lowest BCUT2D eigenvalue weighted by Gasteiger charge is -2.16. The molecule has 1 amide bonds. The minimum atomic E-state index is -4.19. The third kappa shape index (κ3) is 5.34. The first-order valence-electron chi connectivity index (χ1n) is 12.0. The molecular weight excluding hydrogens is 481 g/mol. The smallest absolute Gasteiger partial charge is 0.283 e. The zero-order chi connectivity index (χ0) is 26.2. The first-order valence-corrected chi connectivity index (χ1v) is 13.5. The Kier molecular flexibility index (Phi) is 7.28. The highest BCUT2D eigenvalue weighted by Crippen LogP contribution is 2.36. The third-order valence-electron chi connectivity index (χ3n) is 6.29. The van der Waals surface area contributed by atoms with Crippen molar-refractivity contribution in [2.75, 3.05) is 14.1 Å². The number of amides is 1. The number of carbonyl (C=O) groups excluding carboxylic acids is 1. The first-order chi connectivity index (χ1) is 17.0. The van der Waals surface area contributed by atoms with Crippen LogP contribution in [-0.4, -0.2) is 48.1 Å². The average molecular weight is 514 g/mol. The highest BCUT2D eigenvalue weighted by atomic mass is 32.2. The molecule has 1 N–H and O–H groups in total. The second kappa shape index (κ2) is 10.1. The maximum absolute atomic E-state index is 14.9. The Morgan fingerprint density at radius 1 is 1.19 bits per heavy atom. The van der Waals surface area contributed by atoms with Crippen LogP contribution < -0.4 is 4.72 Å². The lowest BCUT2D eigenvalue weighted by Crippen LogP contribution is -2.32. The maximum Gasteiger partial charge on any atom is 0.283 e. The number of pyridine rings is 1. The number of hydrogen-bond acceptors (Lipinski definition) is 6. The fraction of sp³-hybridized carbons (Fsp3) is 0.423. The molecule has 0 saturated heterocycles. The Bertz CT molecular complexity index is 1410. The summed E-state index contributed by atoms with van der Waals surface area (Å²) in [5.74, 6) is -0.979. The van der Waals surface area contributed by atoms with Gasteiger partial charge < -0.3 is 4.90 Å². The predicted octanol–water partition coefficient (Wildman–Crippen LogP) is 3.57. The van der Waals surface area contributed by atoms with Crippen LogP contribution in [0.3, 0.4) is 0 Å². The van der Waals surface area contributed by atoms with E-state index in [9.17, 15) is 17.6 Å². The monoisotopic (exact) mass is 513 g/mol. The van der Waals surface area contributed by atoms with Crippen molar-refractivity contribution in [3.63, 3.8) is 0 Å². The SMILES string of the molecule is Cc1cc(-c2cc(F)c3c(c2CC(=O)NS(=O)(=O)c2cc(CN(C)C)n(C(C)C)n2)CCC3)ccn1. The van der Waals surface area contributed by atoms with Gasteiger partial charge in [-0.25, -0.2) is 9.11 Å². The summed E-state index contributed by atoms with van der Waals surface area (Å²) in [6.45, 7) is 6.18. The van der Waals surface area contributed by atoms with Gasteiger partial charge in [0.1, 0.15) is 5.82 Å². The zero-order valence-corrected chi connectivity index (χ0v) is 22.1. The molecule has 1 aliphatic rings. The molecule has 4 rings (SSSR count). The van der Waals surface area contributed by atoms with E-state index in [2.05, 4.69) is 14.8 Å². The minimum Gasteiger partial charge on any atom is -0.304 e. The zero-order valence-electron chi connectivity index (χ0n) is 21.3. The number of halogens is 1. The van der Waals surface area contributed by atoms with Crippen LogP contribution in [0.1, 0.15) is 54.4 Å². The fourth-order valence-electron chi connectivity index (χ4n) is 4.80. The van der Waals surface area contributed by atoms with Crippen molar-refractivity contribution in [3.8, 4) is 11.1 Å². The normalized spacial score (nSPS) is 13.4.